The van der Waals surface area contributed by atoms with Gasteiger partial charge >= 0.3 is 0 Å². The Labute approximate surface area is 126 Å². The van der Waals surface area contributed by atoms with E-state index in [2.05, 4.69) is 43.9 Å². The van der Waals surface area contributed by atoms with Crippen molar-refractivity contribution >= 4 is 10.8 Å². The lowest BCUT2D eigenvalue weighted by Crippen LogP contribution is -2.02. The molecule has 2 aromatic rings. The molecule has 2 heteroatoms. The largest absolute Gasteiger partial charge is 0.492 e. The van der Waals surface area contributed by atoms with Crippen LogP contribution in [0.15, 0.2) is 36.4 Å². The molecule has 2 aromatic carbocycles. The van der Waals surface area contributed by atoms with Crippen LogP contribution in [-0.4, -0.2) is 18.3 Å². The van der Waals surface area contributed by atoms with Crippen LogP contribution in [0, 0.1) is 17.8 Å². The summed E-state index contributed by atoms with van der Waals surface area (Å²) >= 11 is 0. The molecule has 0 saturated heterocycles. The van der Waals surface area contributed by atoms with Gasteiger partial charge in [-0.25, -0.2) is 0 Å². The highest BCUT2D eigenvalue weighted by Crippen LogP contribution is 2.27. The van der Waals surface area contributed by atoms with Crippen LogP contribution in [0.25, 0.3) is 10.8 Å². The number of aliphatic hydroxyl groups is 1. The molecule has 21 heavy (non-hydrogen) atoms. The summed E-state index contributed by atoms with van der Waals surface area (Å²) < 4.78 is 5.92. The van der Waals surface area contributed by atoms with Crippen LogP contribution < -0.4 is 4.74 Å². The second-order valence-corrected chi connectivity index (χ2v) is 5.47. The maximum atomic E-state index is 8.90. The molecule has 0 radical (unpaired) electrons. The van der Waals surface area contributed by atoms with Crippen molar-refractivity contribution in [1.29, 1.82) is 0 Å². The van der Waals surface area contributed by atoms with E-state index in [4.69, 9.17) is 9.84 Å². The van der Waals surface area contributed by atoms with Crippen LogP contribution in [0.4, 0.5) is 0 Å². The Morgan fingerprint density at radius 1 is 1.14 bits per heavy atom. The second kappa shape index (κ2) is 7.71. The first-order valence-corrected chi connectivity index (χ1v) is 7.46. The van der Waals surface area contributed by atoms with Gasteiger partial charge in [0.1, 0.15) is 5.75 Å². The van der Waals surface area contributed by atoms with E-state index in [1.165, 1.54) is 0 Å². The van der Waals surface area contributed by atoms with Gasteiger partial charge in [-0.1, -0.05) is 56.0 Å². The van der Waals surface area contributed by atoms with Gasteiger partial charge in [-0.05, 0) is 23.8 Å². The Hall–Kier alpha value is -1.98. The molecule has 0 saturated carbocycles. The monoisotopic (exact) mass is 282 g/mol. The lowest BCUT2D eigenvalue weighted by molar-refractivity contribution is 0.289. The van der Waals surface area contributed by atoms with Crippen molar-refractivity contribution in [2.45, 2.75) is 26.7 Å². The predicted octanol–water partition coefficient (Wildman–Crippen LogP) is 4.00. The van der Waals surface area contributed by atoms with Gasteiger partial charge < -0.3 is 9.84 Å². The maximum absolute atomic E-state index is 8.90. The molecule has 0 aromatic heterocycles. The molecular formula is C19H22O2. The highest BCUT2D eigenvalue weighted by molar-refractivity contribution is 5.90. The van der Waals surface area contributed by atoms with E-state index in [1.807, 2.05) is 18.2 Å². The minimum absolute atomic E-state index is 0.0846. The predicted molar refractivity (Wildman–Crippen MR) is 87.5 cm³/mol. The summed E-state index contributed by atoms with van der Waals surface area (Å²) in [6, 6.07) is 12.2. The van der Waals surface area contributed by atoms with Gasteiger partial charge in [-0.3, -0.25) is 0 Å². The molecule has 2 rings (SSSR count). The summed E-state index contributed by atoms with van der Waals surface area (Å²) in [6.07, 6.45) is 1.50. The molecule has 1 N–H and O–H groups in total. The molecule has 0 heterocycles. The summed E-state index contributed by atoms with van der Waals surface area (Å²) in [6.45, 7) is 5.16. The zero-order valence-electron chi connectivity index (χ0n) is 12.7. The maximum Gasteiger partial charge on any atom is 0.135 e. The summed E-state index contributed by atoms with van der Waals surface area (Å²) in [5.74, 6) is 7.62. The number of aliphatic hydroxyl groups excluding tert-OH is 1. The number of rotatable bonds is 5. The smallest absolute Gasteiger partial charge is 0.135 e. The number of hydrogen-bond donors (Lipinski definition) is 1. The van der Waals surface area contributed by atoms with Gasteiger partial charge in [0.15, 0.2) is 0 Å². The average Bonchev–Trinajstić information content (AvgIpc) is 2.48. The number of hydrogen-bond acceptors (Lipinski definition) is 2. The molecule has 110 valence electrons. The highest BCUT2D eigenvalue weighted by atomic mass is 16.5. The fourth-order valence-electron chi connectivity index (χ4n) is 2.11. The minimum Gasteiger partial charge on any atom is -0.492 e. The van der Waals surface area contributed by atoms with Crippen LogP contribution in [0.3, 0.4) is 0 Å². The van der Waals surface area contributed by atoms with Crippen molar-refractivity contribution in [3.8, 4) is 17.6 Å². The van der Waals surface area contributed by atoms with Crippen molar-refractivity contribution in [3.63, 3.8) is 0 Å². The molecule has 0 amide bonds. The third kappa shape index (κ3) is 4.24. The third-order valence-electron chi connectivity index (χ3n) is 3.29. The Kier molecular flexibility index (Phi) is 5.66. The van der Waals surface area contributed by atoms with Gasteiger partial charge in [0.25, 0.3) is 0 Å². The first-order chi connectivity index (χ1) is 10.2. The normalized spacial score (nSPS) is 10.5. The van der Waals surface area contributed by atoms with Gasteiger partial charge in [0.2, 0.25) is 0 Å². The summed E-state index contributed by atoms with van der Waals surface area (Å²) in [7, 11) is 0. The quantitative estimate of drug-likeness (QED) is 0.840. The molecule has 0 fully saturated rings. The van der Waals surface area contributed by atoms with Crippen LogP contribution in [0.2, 0.25) is 0 Å². The highest BCUT2D eigenvalue weighted by Gasteiger charge is 2.07. The minimum atomic E-state index is 0.0846. The van der Waals surface area contributed by atoms with E-state index < -0.39 is 0 Å². The molecule has 0 aliphatic carbocycles. The lowest BCUT2D eigenvalue weighted by Gasteiger charge is -2.12. The van der Waals surface area contributed by atoms with Gasteiger partial charge in [0, 0.05) is 11.8 Å². The fourth-order valence-corrected chi connectivity index (χ4v) is 2.11. The van der Waals surface area contributed by atoms with Crippen LogP contribution in [0.1, 0.15) is 32.3 Å². The van der Waals surface area contributed by atoms with E-state index in [0.717, 1.165) is 28.5 Å². The van der Waals surface area contributed by atoms with Crippen molar-refractivity contribution in [2.24, 2.45) is 5.92 Å². The molecule has 2 nitrogen and oxygen atoms in total. The van der Waals surface area contributed by atoms with Gasteiger partial charge in [-0.15, -0.1) is 0 Å². The Morgan fingerprint density at radius 3 is 2.71 bits per heavy atom. The summed E-state index contributed by atoms with van der Waals surface area (Å²) in [5.41, 5.74) is 0.922. The second-order valence-electron chi connectivity index (χ2n) is 5.47. The molecule has 0 spiro atoms. The van der Waals surface area contributed by atoms with Crippen molar-refractivity contribution < 1.29 is 9.84 Å². The van der Waals surface area contributed by atoms with E-state index >= 15 is 0 Å². The molecular weight excluding hydrogens is 260 g/mol. The molecule has 0 aliphatic heterocycles. The van der Waals surface area contributed by atoms with Crippen molar-refractivity contribution in [1.82, 2.24) is 0 Å². The summed E-state index contributed by atoms with van der Waals surface area (Å²) in [5, 5.41) is 11.2. The SMILES string of the molecule is CC(C)CCOc1ccc2ccccc2c1C#CCCO. The third-order valence-corrected chi connectivity index (χ3v) is 3.29. The van der Waals surface area contributed by atoms with E-state index in [-0.39, 0.29) is 6.61 Å². The lowest BCUT2D eigenvalue weighted by atomic mass is 10.0. The van der Waals surface area contributed by atoms with E-state index in [1.54, 1.807) is 0 Å². The van der Waals surface area contributed by atoms with Crippen LogP contribution >= 0.6 is 0 Å². The zero-order valence-corrected chi connectivity index (χ0v) is 12.7. The molecule has 0 aliphatic rings. The van der Waals surface area contributed by atoms with Crippen LogP contribution in [0.5, 0.6) is 5.75 Å². The van der Waals surface area contributed by atoms with E-state index in [9.17, 15) is 0 Å². The van der Waals surface area contributed by atoms with Crippen LogP contribution in [-0.2, 0) is 0 Å². The number of ether oxygens (including phenoxy) is 1. The van der Waals surface area contributed by atoms with E-state index in [0.29, 0.717) is 18.9 Å². The zero-order chi connectivity index (χ0) is 15.1. The molecule has 0 atom stereocenters. The molecule has 0 unspecified atom stereocenters. The first kappa shape index (κ1) is 15.4. The van der Waals surface area contributed by atoms with Crippen molar-refractivity contribution in [2.75, 3.05) is 13.2 Å². The van der Waals surface area contributed by atoms with Crippen molar-refractivity contribution in [3.05, 3.63) is 42.0 Å². The fraction of sp³-hybridized carbons (Fsp3) is 0.368. The molecule has 0 bridgehead atoms. The average molecular weight is 282 g/mol. The van der Waals surface area contributed by atoms with Gasteiger partial charge in [0.05, 0.1) is 18.8 Å². The number of fused-ring (bicyclic) bond motifs is 1. The Balaban J connectivity index is 2.34. The summed E-state index contributed by atoms with van der Waals surface area (Å²) in [4.78, 5) is 0. The number of benzene rings is 2. The standard InChI is InChI=1S/C19H22O2/c1-15(2)12-14-21-19-11-10-16-7-3-4-8-17(16)18(19)9-5-6-13-20/h3-4,7-8,10-11,15,20H,6,12-14H2,1-2H3. The Morgan fingerprint density at radius 2 is 1.95 bits per heavy atom. The first-order valence-electron chi connectivity index (χ1n) is 7.46. The van der Waals surface area contributed by atoms with Gasteiger partial charge in [-0.2, -0.15) is 0 Å². The Bertz CT molecular complexity index is 647. The topological polar surface area (TPSA) is 29.5 Å².